The number of ketones is 1. The zero-order valence-electron chi connectivity index (χ0n) is 22.3. The summed E-state index contributed by atoms with van der Waals surface area (Å²) in [4.78, 5) is 15.6. The van der Waals surface area contributed by atoms with Crippen molar-refractivity contribution in [2.75, 3.05) is 46.9 Å². The first-order chi connectivity index (χ1) is 15.3. The number of carbonyl (C=O) groups is 1. The summed E-state index contributed by atoms with van der Waals surface area (Å²) in [7, 11) is 4.14. The van der Waals surface area contributed by atoms with E-state index in [9.17, 15) is 4.79 Å². The Labute approximate surface area is 200 Å². The highest BCUT2D eigenvalue weighted by Crippen LogP contribution is 2.17. The van der Waals surface area contributed by atoms with Crippen LogP contribution in [0.2, 0.25) is 0 Å². The van der Waals surface area contributed by atoms with Gasteiger partial charge in [0.25, 0.3) is 0 Å². The zero-order chi connectivity index (χ0) is 24.6. The van der Waals surface area contributed by atoms with Crippen LogP contribution in [0.1, 0.15) is 91.9 Å². The summed E-state index contributed by atoms with van der Waals surface area (Å²) in [6.07, 6.45) is 12.8. The van der Waals surface area contributed by atoms with Gasteiger partial charge >= 0.3 is 0 Å². The van der Waals surface area contributed by atoms with Crippen molar-refractivity contribution in [2.45, 2.75) is 98.0 Å². The minimum absolute atomic E-state index is 0.306. The van der Waals surface area contributed by atoms with Crippen LogP contribution in [0.15, 0.2) is 25.2 Å². The quantitative estimate of drug-likeness (QED) is 0.210. The summed E-state index contributed by atoms with van der Waals surface area (Å²) in [6, 6.07) is 0. The van der Waals surface area contributed by atoms with Gasteiger partial charge in [0.15, 0.2) is 0 Å². The monoisotopic (exact) mass is 454 g/mol. The third-order valence-electron chi connectivity index (χ3n) is 5.08. The average molecular weight is 455 g/mol. The first-order valence-corrected chi connectivity index (χ1v) is 12.7. The van der Waals surface area contributed by atoms with Gasteiger partial charge in [-0.2, -0.15) is 0 Å². The molecule has 0 radical (unpaired) electrons. The van der Waals surface area contributed by atoms with E-state index < -0.39 is 0 Å². The van der Waals surface area contributed by atoms with E-state index in [1.54, 1.807) is 6.92 Å². The molecule has 0 aliphatic carbocycles. The Kier molecular flexibility index (Phi) is 25.0. The molecule has 1 aliphatic rings. The highest BCUT2D eigenvalue weighted by Gasteiger charge is 2.21. The van der Waals surface area contributed by atoms with Gasteiger partial charge < -0.3 is 19.2 Å². The van der Waals surface area contributed by atoms with E-state index in [-0.39, 0.29) is 0 Å². The second-order valence-corrected chi connectivity index (χ2v) is 8.82. The third-order valence-corrected chi connectivity index (χ3v) is 5.08. The minimum Gasteiger partial charge on any atom is -0.502 e. The van der Waals surface area contributed by atoms with E-state index in [0.29, 0.717) is 11.9 Å². The largest absolute Gasteiger partial charge is 0.502 e. The summed E-state index contributed by atoms with van der Waals surface area (Å²) in [6.45, 7) is 20.6. The van der Waals surface area contributed by atoms with Crippen molar-refractivity contribution in [3.05, 3.63) is 25.2 Å². The SMILES string of the molecule is C=C(CCN(C)C)O[C@@H]1CCCN(CCCCCC(C)=O)C1.C=COCCC.CCCC. The van der Waals surface area contributed by atoms with Gasteiger partial charge in [0.1, 0.15) is 11.9 Å². The van der Waals surface area contributed by atoms with Gasteiger partial charge in [-0.1, -0.05) is 53.2 Å². The van der Waals surface area contributed by atoms with Gasteiger partial charge in [-0.3, -0.25) is 4.90 Å². The van der Waals surface area contributed by atoms with E-state index >= 15 is 0 Å². The molecule has 0 aromatic carbocycles. The molecule has 1 saturated heterocycles. The molecule has 1 heterocycles. The highest BCUT2D eigenvalue weighted by molar-refractivity contribution is 5.75. The van der Waals surface area contributed by atoms with Crippen molar-refractivity contribution < 1.29 is 14.3 Å². The number of carbonyl (C=O) groups excluding carboxylic acids is 1. The lowest BCUT2D eigenvalue weighted by Crippen LogP contribution is -2.40. The Bertz CT molecular complexity index is 450. The molecule has 1 rings (SSSR count). The van der Waals surface area contributed by atoms with Gasteiger partial charge in [-0.15, -0.1) is 0 Å². The van der Waals surface area contributed by atoms with Crippen LogP contribution in [-0.2, 0) is 14.3 Å². The Morgan fingerprint density at radius 3 is 2.28 bits per heavy atom. The lowest BCUT2D eigenvalue weighted by Gasteiger charge is -2.33. The maximum absolute atomic E-state index is 10.9. The molecule has 5 nitrogen and oxygen atoms in total. The zero-order valence-corrected chi connectivity index (χ0v) is 22.3. The smallest absolute Gasteiger partial charge is 0.129 e. The number of rotatable bonds is 15. The number of hydrogen-bond donors (Lipinski definition) is 0. The van der Waals surface area contributed by atoms with Crippen LogP contribution in [-0.4, -0.2) is 68.6 Å². The fourth-order valence-corrected chi connectivity index (χ4v) is 3.04. The van der Waals surface area contributed by atoms with Crippen LogP contribution < -0.4 is 0 Å². The average Bonchev–Trinajstić information content (AvgIpc) is 2.76. The Hall–Kier alpha value is -1.33. The maximum Gasteiger partial charge on any atom is 0.129 e. The Morgan fingerprint density at radius 2 is 1.78 bits per heavy atom. The molecule has 190 valence electrons. The van der Waals surface area contributed by atoms with Crippen molar-refractivity contribution in [1.29, 1.82) is 0 Å². The summed E-state index contributed by atoms with van der Waals surface area (Å²) in [5, 5.41) is 0. The molecule has 0 spiro atoms. The van der Waals surface area contributed by atoms with Crippen molar-refractivity contribution >= 4 is 5.78 Å². The number of unbranched alkanes of at least 4 members (excludes halogenated alkanes) is 3. The van der Waals surface area contributed by atoms with E-state index in [0.717, 1.165) is 70.5 Å². The van der Waals surface area contributed by atoms with Crippen LogP contribution >= 0.6 is 0 Å². The fourth-order valence-electron chi connectivity index (χ4n) is 3.04. The van der Waals surface area contributed by atoms with Crippen molar-refractivity contribution in [3.8, 4) is 0 Å². The molecule has 0 N–H and O–H groups in total. The van der Waals surface area contributed by atoms with Gasteiger partial charge in [0, 0.05) is 25.9 Å². The van der Waals surface area contributed by atoms with Gasteiger partial charge in [0.05, 0.1) is 18.6 Å². The minimum atomic E-state index is 0.306. The fraction of sp³-hybridized carbons (Fsp3) is 0.815. The molecular weight excluding hydrogens is 400 g/mol. The molecule has 0 aromatic heterocycles. The molecule has 0 unspecified atom stereocenters. The van der Waals surface area contributed by atoms with Crippen molar-refractivity contribution in [1.82, 2.24) is 9.80 Å². The number of ether oxygens (including phenoxy) is 2. The van der Waals surface area contributed by atoms with Gasteiger partial charge in [-0.25, -0.2) is 0 Å². The number of Topliss-reactive ketones (excluding diaryl/α,β-unsaturated/α-hetero) is 1. The van der Waals surface area contributed by atoms with Crippen LogP contribution in [0.5, 0.6) is 0 Å². The molecule has 0 amide bonds. The van der Waals surface area contributed by atoms with Crippen molar-refractivity contribution in [2.24, 2.45) is 0 Å². The molecule has 0 saturated carbocycles. The standard InChI is InChI=1S/C18H34N2O2.C5H10O.C4H10/c1-16(21)9-6-5-7-12-20-13-8-10-18(15-20)22-17(2)11-14-19(3)4;1-3-5-6-4-2;1-3-4-2/h18H,2,5-15H2,1,3-4H3;4H,2-3,5H2,1H3;3-4H2,1-2H3/t18-;;/m1../s1. The van der Waals surface area contributed by atoms with Crippen molar-refractivity contribution in [3.63, 3.8) is 0 Å². The second-order valence-electron chi connectivity index (χ2n) is 8.82. The van der Waals surface area contributed by atoms with Crippen LogP contribution in [0.3, 0.4) is 0 Å². The van der Waals surface area contributed by atoms with Gasteiger partial charge in [-0.05, 0) is 66.2 Å². The summed E-state index contributed by atoms with van der Waals surface area (Å²) < 4.78 is 10.8. The molecule has 0 aromatic rings. The summed E-state index contributed by atoms with van der Waals surface area (Å²) in [5.41, 5.74) is 0. The first kappa shape index (κ1) is 32.8. The predicted molar refractivity (Wildman–Crippen MR) is 139 cm³/mol. The maximum atomic E-state index is 10.9. The van der Waals surface area contributed by atoms with Crippen LogP contribution in [0.4, 0.5) is 0 Å². The summed E-state index contributed by atoms with van der Waals surface area (Å²) in [5.74, 6) is 1.23. The molecule has 1 atom stereocenters. The number of nitrogens with zero attached hydrogens (tertiary/aromatic N) is 2. The second kappa shape index (κ2) is 24.3. The van der Waals surface area contributed by atoms with E-state index in [1.165, 1.54) is 38.5 Å². The first-order valence-electron chi connectivity index (χ1n) is 12.7. The van der Waals surface area contributed by atoms with Gasteiger partial charge in [0.2, 0.25) is 0 Å². The molecule has 32 heavy (non-hydrogen) atoms. The number of likely N-dealkylation sites (tertiary alicyclic amines) is 1. The molecule has 0 bridgehead atoms. The molecule has 5 heteroatoms. The predicted octanol–water partition coefficient (Wildman–Crippen LogP) is 6.45. The number of piperidine rings is 1. The van der Waals surface area contributed by atoms with Crippen LogP contribution in [0, 0.1) is 0 Å². The summed E-state index contributed by atoms with van der Waals surface area (Å²) >= 11 is 0. The topological polar surface area (TPSA) is 42.0 Å². The number of hydrogen-bond acceptors (Lipinski definition) is 5. The molecule has 1 aliphatic heterocycles. The van der Waals surface area contributed by atoms with E-state index in [2.05, 4.69) is 57.8 Å². The molecule has 1 fully saturated rings. The van der Waals surface area contributed by atoms with E-state index in [4.69, 9.17) is 9.47 Å². The normalized spacial score (nSPS) is 15.7. The third kappa shape index (κ3) is 24.9. The Balaban J connectivity index is 0. The lowest BCUT2D eigenvalue weighted by atomic mass is 10.1. The Morgan fingerprint density at radius 1 is 1.09 bits per heavy atom. The molecular formula is C27H54N2O3. The lowest BCUT2D eigenvalue weighted by molar-refractivity contribution is -0.117. The van der Waals surface area contributed by atoms with E-state index in [1.807, 2.05) is 0 Å². The highest BCUT2D eigenvalue weighted by atomic mass is 16.5. The van der Waals surface area contributed by atoms with Crippen LogP contribution in [0.25, 0.3) is 0 Å².